The molecule has 0 aromatic heterocycles. The van der Waals surface area contributed by atoms with Crippen LogP contribution in [0.2, 0.25) is 0 Å². The molecule has 1 aliphatic rings. The molecule has 1 N–H and O–H groups in total. The minimum Gasteiger partial charge on any atom is -0.545 e. The third-order valence-corrected chi connectivity index (χ3v) is 3.41. The Labute approximate surface area is 163 Å². The molecule has 7 heteroatoms. The summed E-state index contributed by atoms with van der Waals surface area (Å²) in [4.78, 5) is 22.3. The quantitative estimate of drug-likeness (QED) is 0.411. The largest absolute Gasteiger partial charge is 1.00 e. The van der Waals surface area contributed by atoms with Crippen LogP contribution in [0.25, 0.3) is 0 Å². The third kappa shape index (κ3) is 6.18. The van der Waals surface area contributed by atoms with Gasteiger partial charge in [0.25, 0.3) is 0 Å². The van der Waals surface area contributed by atoms with Gasteiger partial charge in [-0.1, -0.05) is 13.8 Å². The van der Waals surface area contributed by atoms with Crippen LogP contribution in [0, 0.1) is 11.8 Å². The van der Waals surface area contributed by atoms with E-state index in [0.717, 1.165) is 0 Å². The first-order valence-corrected chi connectivity index (χ1v) is 6.19. The fourth-order valence-electron chi connectivity index (χ4n) is 2.52. The second kappa shape index (κ2) is 10.4. The van der Waals surface area contributed by atoms with Crippen LogP contribution in [-0.2, 0) is 9.59 Å². The number of rotatable bonds is 4. The van der Waals surface area contributed by atoms with E-state index in [2.05, 4.69) is 0 Å². The summed E-state index contributed by atoms with van der Waals surface area (Å²) in [6.45, 7) is 3.23. The molecule has 0 atom stereocenters. The standard InChI is InChI=1S/C13H20O5.2Na/c1-7(2)10(12(15)16)11(13(17)18)8-3-5-9(14)6-4-8;;/h7-9,14H,3-6H2,1-2H3,(H,15,16)(H,17,18);;/q;2*+1/p-2/b11-10-;;/t8-,9+;;. The summed E-state index contributed by atoms with van der Waals surface area (Å²) in [6, 6.07) is 0. The third-order valence-electron chi connectivity index (χ3n) is 3.41. The van der Waals surface area contributed by atoms with Crippen LogP contribution in [0.3, 0.4) is 0 Å². The van der Waals surface area contributed by atoms with Crippen LogP contribution in [0.4, 0.5) is 0 Å². The summed E-state index contributed by atoms with van der Waals surface area (Å²) in [5.74, 6) is -3.69. The average molecular weight is 300 g/mol. The molecule has 0 amide bonds. The summed E-state index contributed by atoms with van der Waals surface area (Å²) in [7, 11) is 0. The number of aliphatic hydroxyl groups excluding tert-OH is 1. The Balaban J connectivity index is 0. The molecule has 20 heavy (non-hydrogen) atoms. The van der Waals surface area contributed by atoms with Gasteiger partial charge in [0, 0.05) is 0 Å². The zero-order valence-corrected chi connectivity index (χ0v) is 16.6. The predicted octanol–water partition coefficient (Wildman–Crippen LogP) is -7.00. The molecule has 102 valence electrons. The van der Waals surface area contributed by atoms with Crippen molar-refractivity contribution >= 4 is 11.9 Å². The van der Waals surface area contributed by atoms with Crippen LogP contribution in [0.5, 0.6) is 0 Å². The maximum Gasteiger partial charge on any atom is 1.00 e. The van der Waals surface area contributed by atoms with E-state index in [9.17, 15) is 24.9 Å². The summed E-state index contributed by atoms with van der Waals surface area (Å²) in [5.41, 5.74) is -0.340. The number of aliphatic carboxylic acids is 2. The van der Waals surface area contributed by atoms with Crippen molar-refractivity contribution in [2.75, 3.05) is 0 Å². The van der Waals surface area contributed by atoms with Crippen molar-refractivity contribution in [1.29, 1.82) is 0 Å². The molecule has 1 aliphatic carbocycles. The number of aliphatic hydroxyl groups is 1. The molecular formula is C13H18Na2O5. The van der Waals surface area contributed by atoms with Gasteiger partial charge in [-0.2, -0.15) is 0 Å². The summed E-state index contributed by atoms with van der Waals surface area (Å²) >= 11 is 0. The minimum atomic E-state index is -1.45. The Kier molecular flexibility index (Phi) is 11.9. The van der Waals surface area contributed by atoms with E-state index in [1.54, 1.807) is 13.8 Å². The van der Waals surface area contributed by atoms with Gasteiger partial charge in [0.15, 0.2) is 0 Å². The van der Waals surface area contributed by atoms with Crippen LogP contribution < -0.4 is 69.3 Å². The number of hydrogen-bond donors (Lipinski definition) is 1. The van der Waals surface area contributed by atoms with Crippen molar-refractivity contribution < 1.29 is 84.0 Å². The van der Waals surface area contributed by atoms with E-state index in [1.165, 1.54) is 0 Å². The molecule has 1 rings (SSSR count). The van der Waals surface area contributed by atoms with Crippen molar-refractivity contribution in [2.45, 2.75) is 45.6 Å². The maximum atomic E-state index is 11.2. The molecule has 0 aliphatic heterocycles. The topological polar surface area (TPSA) is 100 Å². The number of carbonyl (C=O) groups is 2. The van der Waals surface area contributed by atoms with Gasteiger partial charge >= 0.3 is 59.1 Å². The number of carbonyl (C=O) groups excluding carboxylic acids is 2. The molecule has 0 aromatic rings. The van der Waals surface area contributed by atoms with E-state index in [1.807, 2.05) is 0 Å². The van der Waals surface area contributed by atoms with Crippen molar-refractivity contribution in [2.24, 2.45) is 11.8 Å². The van der Waals surface area contributed by atoms with E-state index in [4.69, 9.17) is 0 Å². The van der Waals surface area contributed by atoms with Gasteiger partial charge in [-0.3, -0.25) is 0 Å². The van der Waals surface area contributed by atoms with Crippen molar-refractivity contribution in [3.05, 3.63) is 11.1 Å². The maximum absolute atomic E-state index is 11.2. The van der Waals surface area contributed by atoms with Gasteiger partial charge < -0.3 is 24.9 Å². The molecule has 0 bridgehead atoms. The first-order chi connectivity index (χ1) is 8.34. The molecule has 0 saturated heterocycles. The van der Waals surface area contributed by atoms with E-state index >= 15 is 0 Å². The second-order valence-corrected chi connectivity index (χ2v) is 5.06. The van der Waals surface area contributed by atoms with Crippen molar-refractivity contribution in [3.63, 3.8) is 0 Å². The van der Waals surface area contributed by atoms with Gasteiger partial charge in [-0.25, -0.2) is 0 Å². The first-order valence-electron chi connectivity index (χ1n) is 6.19. The first kappa shape index (κ1) is 22.9. The van der Waals surface area contributed by atoms with Gasteiger partial charge in [0.2, 0.25) is 0 Å². The molecule has 0 unspecified atom stereocenters. The van der Waals surface area contributed by atoms with E-state index < -0.39 is 24.0 Å². The SMILES string of the molecule is CC(C)/C(C(=O)[O-])=C(/C(=O)[O-])[C@H]1CC[C@@H](O)CC1.[Na+].[Na+]. The van der Waals surface area contributed by atoms with Gasteiger partial charge in [0.05, 0.1) is 18.0 Å². The Hall–Kier alpha value is 0.640. The van der Waals surface area contributed by atoms with Crippen LogP contribution in [0.15, 0.2) is 11.1 Å². The fourth-order valence-corrected chi connectivity index (χ4v) is 2.52. The number of carboxylic acid groups (broad SMARTS) is 2. The monoisotopic (exact) mass is 300 g/mol. The molecule has 1 saturated carbocycles. The van der Waals surface area contributed by atoms with Crippen molar-refractivity contribution in [1.82, 2.24) is 0 Å². The summed E-state index contributed by atoms with van der Waals surface area (Å²) < 4.78 is 0. The molecular weight excluding hydrogens is 282 g/mol. The van der Waals surface area contributed by atoms with E-state index in [-0.39, 0.29) is 76.2 Å². The average Bonchev–Trinajstić information content (AvgIpc) is 2.25. The van der Waals surface area contributed by atoms with Gasteiger partial charge in [-0.05, 0) is 48.7 Å². The van der Waals surface area contributed by atoms with Crippen LogP contribution in [0.1, 0.15) is 39.5 Å². The predicted molar refractivity (Wildman–Crippen MR) is 59.8 cm³/mol. The Morgan fingerprint density at radius 3 is 1.75 bits per heavy atom. The van der Waals surface area contributed by atoms with Crippen molar-refractivity contribution in [3.8, 4) is 0 Å². The smallest absolute Gasteiger partial charge is 0.545 e. The molecule has 5 nitrogen and oxygen atoms in total. The van der Waals surface area contributed by atoms with Gasteiger partial charge in [-0.15, -0.1) is 0 Å². The molecule has 0 heterocycles. The molecule has 0 spiro atoms. The Morgan fingerprint density at radius 1 is 1.00 bits per heavy atom. The minimum absolute atomic E-state index is 0. The number of hydrogen-bond acceptors (Lipinski definition) is 5. The van der Waals surface area contributed by atoms with Crippen LogP contribution in [-0.4, -0.2) is 23.1 Å². The summed E-state index contributed by atoms with van der Waals surface area (Å²) in [6.07, 6.45) is 1.48. The molecule has 0 radical (unpaired) electrons. The van der Waals surface area contributed by atoms with Gasteiger partial charge in [0.1, 0.15) is 0 Å². The van der Waals surface area contributed by atoms with Crippen LogP contribution >= 0.6 is 0 Å². The normalized spacial score (nSPS) is 23.2. The number of carboxylic acids is 2. The molecule has 0 aromatic carbocycles. The molecule has 1 fully saturated rings. The van der Waals surface area contributed by atoms with E-state index in [0.29, 0.717) is 25.7 Å². The zero-order chi connectivity index (χ0) is 13.9. The fraction of sp³-hybridized carbons (Fsp3) is 0.692. The zero-order valence-electron chi connectivity index (χ0n) is 12.6. The second-order valence-electron chi connectivity index (χ2n) is 5.06. The summed E-state index contributed by atoms with van der Waals surface area (Å²) in [5, 5.41) is 31.7. The Morgan fingerprint density at radius 2 is 1.45 bits per heavy atom. The Bertz CT molecular complexity index is 371.